The van der Waals surface area contributed by atoms with Gasteiger partial charge in [0.25, 0.3) is 5.91 Å². The lowest BCUT2D eigenvalue weighted by Crippen LogP contribution is -2.59. The zero-order chi connectivity index (χ0) is 17.5. The van der Waals surface area contributed by atoms with Gasteiger partial charge >= 0.3 is 5.92 Å². The summed E-state index contributed by atoms with van der Waals surface area (Å²) in [5.74, 6) is -5.01. The number of anilines is 1. The van der Waals surface area contributed by atoms with E-state index in [0.717, 1.165) is 0 Å². The molecule has 0 atom stereocenters. The van der Waals surface area contributed by atoms with Gasteiger partial charge in [-0.15, -0.1) is 0 Å². The molecule has 5 nitrogen and oxygen atoms in total. The number of alkyl halides is 2. The van der Waals surface area contributed by atoms with Crippen molar-refractivity contribution in [3.05, 3.63) is 35.7 Å². The topological polar surface area (TPSA) is 75.4 Å². The van der Waals surface area contributed by atoms with Crippen LogP contribution in [0.15, 0.2) is 28.9 Å². The molecule has 2 N–H and O–H groups in total. The summed E-state index contributed by atoms with van der Waals surface area (Å²) in [7, 11) is 0. The maximum atomic E-state index is 14.2. The van der Waals surface area contributed by atoms with Crippen molar-refractivity contribution in [2.75, 3.05) is 5.32 Å². The number of hydrogen-bond acceptors (Lipinski definition) is 4. The van der Waals surface area contributed by atoms with Crippen LogP contribution < -0.4 is 5.32 Å². The molecule has 1 saturated carbocycles. The number of aromatic nitrogens is 1. The van der Waals surface area contributed by atoms with Crippen molar-refractivity contribution >= 4 is 11.6 Å². The molecule has 24 heavy (non-hydrogen) atoms. The average Bonchev–Trinajstić information content (AvgIpc) is 2.93. The van der Waals surface area contributed by atoms with Crippen LogP contribution in [0.1, 0.15) is 30.5 Å². The Morgan fingerprint density at radius 2 is 2.08 bits per heavy atom. The van der Waals surface area contributed by atoms with Crippen LogP contribution >= 0.6 is 0 Å². The lowest BCUT2D eigenvalue weighted by Gasteiger charge is -2.41. The SMILES string of the molecule is Cc1coc(-c2ccc(C)c(NC(=O)C(F)(F)C3(O)CCC3)c2)n1. The van der Waals surface area contributed by atoms with Crippen molar-refractivity contribution in [3.8, 4) is 11.5 Å². The first kappa shape index (κ1) is 16.6. The number of amides is 1. The molecule has 128 valence electrons. The average molecular weight is 336 g/mol. The van der Waals surface area contributed by atoms with Gasteiger partial charge in [-0.3, -0.25) is 4.79 Å². The Bertz CT molecular complexity index is 782. The summed E-state index contributed by atoms with van der Waals surface area (Å²) in [6.07, 6.45) is 1.80. The zero-order valence-electron chi connectivity index (χ0n) is 13.4. The molecule has 1 aliphatic rings. The smallest absolute Gasteiger partial charge is 0.352 e. The van der Waals surface area contributed by atoms with E-state index in [2.05, 4.69) is 10.3 Å². The summed E-state index contributed by atoms with van der Waals surface area (Å²) < 4.78 is 33.7. The number of benzene rings is 1. The Labute approximate surface area is 137 Å². The molecule has 0 spiro atoms. The highest BCUT2D eigenvalue weighted by Crippen LogP contribution is 2.44. The third-order valence-electron chi connectivity index (χ3n) is 4.40. The van der Waals surface area contributed by atoms with Crippen molar-refractivity contribution in [1.82, 2.24) is 4.98 Å². The molecule has 3 rings (SSSR count). The van der Waals surface area contributed by atoms with Crippen LogP contribution in [0.3, 0.4) is 0 Å². The van der Waals surface area contributed by atoms with E-state index in [1.165, 1.54) is 12.3 Å². The minimum Gasteiger partial charge on any atom is -0.444 e. The van der Waals surface area contributed by atoms with Crippen LogP contribution in [0.25, 0.3) is 11.5 Å². The van der Waals surface area contributed by atoms with Crippen LogP contribution in [0.2, 0.25) is 0 Å². The van der Waals surface area contributed by atoms with Crippen molar-refractivity contribution in [3.63, 3.8) is 0 Å². The molecule has 0 aliphatic heterocycles. The minimum atomic E-state index is -3.84. The maximum Gasteiger partial charge on any atom is 0.352 e. The highest BCUT2D eigenvalue weighted by molar-refractivity contribution is 5.98. The minimum absolute atomic E-state index is 0.0813. The van der Waals surface area contributed by atoms with Gasteiger partial charge in [-0.1, -0.05) is 6.07 Å². The van der Waals surface area contributed by atoms with Gasteiger partial charge in [0.15, 0.2) is 0 Å². The van der Waals surface area contributed by atoms with Gasteiger partial charge in [-0.05, 0) is 50.8 Å². The predicted octanol–water partition coefficient (Wildman–Crippen LogP) is 3.45. The van der Waals surface area contributed by atoms with E-state index in [1.54, 1.807) is 26.0 Å². The van der Waals surface area contributed by atoms with Crippen molar-refractivity contribution in [1.29, 1.82) is 0 Å². The van der Waals surface area contributed by atoms with Crippen LogP contribution in [0, 0.1) is 13.8 Å². The summed E-state index contributed by atoms with van der Waals surface area (Å²) >= 11 is 0. The molecule has 7 heteroatoms. The van der Waals surface area contributed by atoms with Gasteiger partial charge in [-0.25, -0.2) is 4.98 Å². The number of aliphatic hydroxyl groups is 1. The molecule has 0 bridgehead atoms. The molecule has 2 aromatic rings. The van der Waals surface area contributed by atoms with Crippen molar-refractivity contribution in [2.24, 2.45) is 0 Å². The number of nitrogens with one attached hydrogen (secondary N) is 1. The van der Waals surface area contributed by atoms with E-state index >= 15 is 0 Å². The highest BCUT2D eigenvalue weighted by atomic mass is 19.3. The normalized spacial score (nSPS) is 16.5. The third kappa shape index (κ3) is 2.69. The van der Waals surface area contributed by atoms with Gasteiger partial charge < -0.3 is 14.8 Å². The fraction of sp³-hybridized carbons (Fsp3) is 0.412. The quantitative estimate of drug-likeness (QED) is 0.897. The summed E-state index contributed by atoms with van der Waals surface area (Å²) in [6.45, 7) is 3.46. The Morgan fingerprint density at radius 1 is 1.38 bits per heavy atom. The van der Waals surface area contributed by atoms with Gasteiger partial charge in [0.2, 0.25) is 5.89 Å². The number of oxazole rings is 1. The predicted molar refractivity (Wildman–Crippen MR) is 83.8 cm³/mol. The first-order valence-corrected chi connectivity index (χ1v) is 7.68. The van der Waals surface area contributed by atoms with E-state index in [1.807, 2.05) is 0 Å². The number of nitrogens with zero attached hydrogens (tertiary/aromatic N) is 1. The Kier molecular flexibility index (Phi) is 3.91. The fourth-order valence-electron chi connectivity index (χ4n) is 2.61. The highest BCUT2D eigenvalue weighted by Gasteiger charge is 2.61. The number of rotatable bonds is 4. The molecule has 0 radical (unpaired) electrons. The zero-order valence-corrected chi connectivity index (χ0v) is 13.4. The molecule has 1 fully saturated rings. The van der Waals surface area contributed by atoms with Crippen LogP contribution in [-0.4, -0.2) is 27.5 Å². The molecule has 1 aromatic carbocycles. The lowest BCUT2D eigenvalue weighted by atomic mass is 9.75. The van der Waals surface area contributed by atoms with E-state index in [0.29, 0.717) is 29.1 Å². The van der Waals surface area contributed by atoms with Gasteiger partial charge in [0, 0.05) is 11.3 Å². The number of aryl methyl sites for hydroxylation is 2. The first-order chi connectivity index (χ1) is 11.2. The molecule has 0 saturated heterocycles. The van der Waals surface area contributed by atoms with Crippen LogP contribution in [0.5, 0.6) is 0 Å². The van der Waals surface area contributed by atoms with Crippen LogP contribution in [-0.2, 0) is 4.79 Å². The van der Waals surface area contributed by atoms with Crippen molar-refractivity contribution in [2.45, 2.75) is 44.6 Å². The first-order valence-electron chi connectivity index (χ1n) is 7.68. The summed E-state index contributed by atoms with van der Waals surface area (Å²) in [6, 6.07) is 4.94. The second kappa shape index (κ2) is 5.66. The molecular weight excluding hydrogens is 318 g/mol. The van der Waals surface area contributed by atoms with E-state index in [-0.39, 0.29) is 18.5 Å². The van der Waals surface area contributed by atoms with E-state index in [9.17, 15) is 18.7 Å². The molecule has 1 amide bonds. The Balaban J connectivity index is 1.85. The van der Waals surface area contributed by atoms with Gasteiger partial charge in [0.05, 0.1) is 5.69 Å². The Hall–Kier alpha value is -2.28. The monoisotopic (exact) mass is 336 g/mol. The second-order valence-electron chi connectivity index (χ2n) is 6.24. The fourth-order valence-corrected chi connectivity index (χ4v) is 2.61. The summed E-state index contributed by atoms with van der Waals surface area (Å²) in [4.78, 5) is 16.2. The second-order valence-corrected chi connectivity index (χ2v) is 6.24. The van der Waals surface area contributed by atoms with E-state index in [4.69, 9.17) is 4.42 Å². The lowest BCUT2D eigenvalue weighted by molar-refractivity contribution is -0.212. The number of carbonyl (C=O) groups is 1. The molecule has 1 aliphatic carbocycles. The largest absolute Gasteiger partial charge is 0.444 e. The van der Waals surface area contributed by atoms with Gasteiger partial charge in [-0.2, -0.15) is 8.78 Å². The van der Waals surface area contributed by atoms with E-state index < -0.39 is 17.4 Å². The summed E-state index contributed by atoms with van der Waals surface area (Å²) in [5, 5.41) is 12.1. The summed E-state index contributed by atoms with van der Waals surface area (Å²) in [5.41, 5.74) is -0.144. The number of halogens is 2. The standard InChI is InChI=1S/C17H18F2N2O3/c1-10-4-5-12(14-20-11(2)9-24-14)8-13(10)21-15(22)17(18,19)16(23)6-3-7-16/h4-5,8-9,23H,3,6-7H2,1-2H3,(H,21,22). The number of hydrogen-bond donors (Lipinski definition) is 2. The number of carbonyl (C=O) groups excluding carboxylic acids is 1. The molecule has 1 aromatic heterocycles. The van der Waals surface area contributed by atoms with Crippen LogP contribution in [0.4, 0.5) is 14.5 Å². The third-order valence-corrected chi connectivity index (χ3v) is 4.40. The molecule has 0 unspecified atom stereocenters. The van der Waals surface area contributed by atoms with Crippen molar-refractivity contribution < 1.29 is 23.1 Å². The maximum absolute atomic E-state index is 14.2. The molecule has 1 heterocycles. The Morgan fingerprint density at radius 3 is 2.62 bits per heavy atom. The van der Waals surface area contributed by atoms with Gasteiger partial charge in [0.1, 0.15) is 11.9 Å². The molecular formula is C17H18F2N2O3.